The van der Waals surface area contributed by atoms with E-state index in [9.17, 15) is 0 Å². The number of aryl methyl sites for hydroxylation is 1. The Morgan fingerprint density at radius 3 is 2.75 bits per heavy atom. The normalized spacial score (nSPS) is 10.9. The number of aromatic amines is 1. The fourth-order valence-electron chi connectivity index (χ4n) is 2.23. The Morgan fingerprint density at radius 2 is 2.00 bits per heavy atom. The van der Waals surface area contributed by atoms with Gasteiger partial charge in [0, 0.05) is 21.1 Å². The summed E-state index contributed by atoms with van der Waals surface area (Å²) in [5.74, 6) is 0. The van der Waals surface area contributed by atoms with Gasteiger partial charge in [-0.15, -0.1) is 0 Å². The van der Waals surface area contributed by atoms with E-state index in [0.717, 1.165) is 31.8 Å². The van der Waals surface area contributed by atoms with Gasteiger partial charge < -0.3 is 10.3 Å². The van der Waals surface area contributed by atoms with Crippen LogP contribution in [0.3, 0.4) is 0 Å². The van der Waals surface area contributed by atoms with Gasteiger partial charge in [-0.3, -0.25) is 0 Å². The average molecular weight is 350 g/mol. The van der Waals surface area contributed by atoms with Crippen molar-refractivity contribution in [2.24, 2.45) is 0 Å². The summed E-state index contributed by atoms with van der Waals surface area (Å²) in [6, 6.07) is 14.3. The zero-order valence-electron chi connectivity index (χ0n) is 11.0. The number of fused-ring (bicyclic) bond motifs is 1. The first kappa shape index (κ1) is 13.5. The molecule has 4 heteroatoms. The van der Waals surface area contributed by atoms with Crippen LogP contribution in [-0.4, -0.2) is 4.98 Å². The van der Waals surface area contributed by atoms with Gasteiger partial charge in [0.05, 0.1) is 17.3 Å². The lowest BCUT2D eigenvalue weighted by Gasteiger charge is -2.08. The molecule has 0 saturated carbocycles. The minimum atomic E-state index is 0.662. The summed E-state index contributed by atoms with van der Waals surface area (Å²) in [5, 5.41) is 5.25. The second-order valence-corrected chi connectivity index (χ2v) is 6.03. The van der Waals surface area contributed by atoms with E-state index in [-0.39, 0.29) is 0 Å². The van der Waals surface area contributed by atoms with Crippen LogP contribution in [0.2, 0.25) is 5.02 Å². The number of rotatable bonds is 3. The lowest BCUT2D eigenvalue weighted by Crippen LogP contribution is -2.01. The molecular weight excluding hydrogens is 336 g/mol. The summed E-state index contributed by atoms with van der Waals surface area (Å²) < 4.78 is 1.06. The van der Waals surface area contributed by atoms with Gasteiger partial charge in [-0.05, 0) is 46.6 Å². The number of hydrogen-bond acceptors (Lipinski definition) is 1. The van der Waals surface area contributed by atoms with Gasteiger partial charge in [-0.1, -0.05) is 35.9 Å². The molecule has 0 aliphatic rings. The summed E-state index contributed by atoms with van der Waals surface area (Å²) >= 11 is 9.97. The maximum atomic E-state index is 6.41. The fourth-order valence-corrected chi connectivity index (χ4v) is 3.14. The number of benzene rings is 2. The minimum absolute atomic E-state index is 0.662. The standard InChI is InChI=1S/C16H14BrClN2/c1-10-6-7-14(12(17)8-10)19-9-15-16(18)11-4-2-3-5-13(11)20-15/h2-8,19-20H,9H2,1H3. The van der Waals surface area contributed by atoms with Crippen LogP contribution in [0.4, 0.5) is 5.69 Å². The van der Waals surface area contributed by atoms with Crippen LogP contribution in [0.25, 0.3) is 10.9 Å². The van der Waals surface area contributed by atoms with Crippen molar-refractivity contribution in [2.45, 2.75) is 13.5 Å². The van der Waals surface area contributed by atoms with Gasteiger partial charge in [0.1, 0.15) is 0 Å². The number of nitrogens with one attached hydrogen (secondary N) is 2. The minimum Gasteiger partial charge on any atom is -0.379 e. The molecule has 1 aromatic heterocycles. The second-order valence-electron chi connectivity index (χ2n) is 4.80. The molecule has 0 bridgehead atoms. The van der Waals surface area contributed by atoms with E-state index in [1.807, 2.05) is 24.3 Å². The van der Waals surface area contributed by atoms with Crippen molar-refractivity contribution in [3.63, 3.8) is 0 Å². The molecule has 0 saturated heterocycles. The molecule has 0 spiro atoms. The molecule has 2 nitrogen and oxygen atoms in total. The third-order valence-corrected chi connectivity index (χ3v) is 4.38. The highest BCUT2D eigenvalue weighted by molar-refractivity contribution is 9.10. The lowest BCUT2D eigenvalue weighted by atomic mass is 10.2. The summed E-state index contributed by atoms with van der Waals surface area (Å²) in [4.78, 5) is 3.36. The van der Waals surface area contributed by atoms with E-state index in [1.54, 1.807) is 0 Å². The Hall–Kier alpha value is -1.45. The Morgan fingerprint density at radius 1 is 1.20 bits per heavy atom. The highest BCUT2D eigenvalue weighted by atomic mass is 79.9. The maximum absolute atomic E-state index is 6.41. The van der Waals surface area contributed by atoms with Crippen molar-refractivity contribution in [3.05, 3.63) is 63.2 Å². The first-order valence-corrected chi connectivity index (χ1v) is 7.57. The monoisotopic (exact) mass is 348 g/mol. The number of para-hydroxylation sites is 1. The van der Waals surface area contributed by atoms with Gasteiger partial charge in [-0.2, -0.15) is 0 Å². The topological polar surface area (TPSA) is 27.8 Å². The van der Waals surface area contributed by atoms with Crippen molar-refractivity contribution in [2.75, 3.05) is 5.32 Å². The smallest absolute Gasteiger partial charge is 0.0710 e. The van der Waals surface area contributed by atoms with E-state index in [1.165, 1.54) is 5.56 Å². The van der Waals surface area contributed by atoms with Crippen LogP contribution in [0.1, 0.15) is 11.3 Å². The van der Waals surface area contributed by atoms with Crippen LogP contribution in [0.15, 0.2) is 46.9 Å². The molecule has 0 amide bonds. The second kappa shape index (κ2) is 5.51. The molecule has 0 atom stereocenters. The number of halogens is 2. The van der Waals surface area contributed by atoms with Crippen molar-refractivity contribution >= 4 is 44.1 Å². The van der Waals surface area contributed by atoms with E-state index in [2.05, 4.69) is 51.4 Å². The summed E-state index contributed by atoms with van der Waals surface area (Å²) in [6.45, 7) is 2.73. The first-order valence-electron chi connectivity index (χ1n) is 6.40. The Labute approximate surface area is 131 Å². The van der Waals surface area contributed by atoms with Crippen LogP contribution >= 0.6 is 27.5 Å². The van der Waals surface area contributed by atoms with E-state index >= 15 is 0 Å². The zero-order valence-corrected chi connectivity index (χ0v) is 13.3. The molecule has 0 fully saturated rings. The largest absolute Gasteiger partial charge is 0.379 e. The molecular formula is C16H14BrClN2. The molecule has 3 rings (SSSR count). The molecule has 20 heavy (non-hydrogen) atoms. The Bertz CT molecular complexity index is 764. The van der Waals surface area contributed by atoms with Crippen LogP contribution in [0, 0.1) is 6.92 Å². The summed E-state index contributed by atoms with van der Waals surface area (Å²) in [6.07, 6.45) is 0. The first-order chi connectivity index (χ1) is 9.65. The van der Waals surface area contributed by atoms with Gasteiger partial charge in [0.25, 0.3) is 0 Å². The van der Waals surface area contributed by atoms with Gasteiger partial charge in [0.15, 0.2) is 0 Å². The summed E-state index contributed by atoms with van der Waals surface area (Å²) in [7, 11) is 0. The fraction of sp³-hybridized carbons (Fsp3) is 0.125. The molecule has 0 aliphatic carbocycles. The molecule has 0 unspecified atom stereocenters. The molecule has 102 valence electrons. The third-order valence-electron chi connectivity index (χ3n) is 3.29. The molecule has 2 N–H and O–H groups in total. The molecule has 1 heterocycles. The van der Waals surface area contributed by atoms with Crippen LogP contribution in [-0.2, 0) is 6.54 Å². The Kier molecular flexibility index (Phi) is 3.72. The van der Waals surface area contributed by atoms with E-state index in [4.69, 9.17) is 11.6 Å². The van der Waals surface area contributed by atoms with Crippen LogP contribution < -0.4 is 5.32 Å². The van der Waals surface area contributed by atoms with Gasteiger partial charge in [0.2, 0.25) is 0 Å². The molecule has 3 aromatic rings. The number of aromatic nitrogens is 1. The van der Waals surface area contributed by atoms with Gasteiger partial charge in [-0.25, -0.2) is 0 Å². The number of hydrogen-bond donors (Lipinski definition) is 2. The predicted molar refractivity (Wildman–Crippen MR) is 89.5 cm³/mol. The Balaban J connectivity index is 1.85. The summed E-state index contributed by atoms with van der Waals surface area (Å²) in [5.41, 5.74) is 4.36. The highest BCUT2D eigenvalue weighted by Gasteiger charge is 2.09. The third kappa shape index (κ3) is 2.56. The number of H-pyrrole nitrogens is 1. The zero-order chi connectivity index (χ0) is 14.1. The van der Waals surface area contributed by atoms with Crippen molar-refractivity contribution < 1.29 is 0 Å². The maximum Gasteiger partial charge on any atom is 0.0710 e. The lowest BCUT2D eigenvalue weighted by molar-refractivity contribution is 1.08. The van der Waals surface area contributed by atoms with Crippen LogP contribution in [0.5, 0.6) is 0 Å². The van der Waals surface area contributed by atoms with Gasteiger partial charge >= 0.3 is 0 Å². The van der Waals surface area contributed by atoms with Crippen molar-refractivity contribution in [1.82, 2.24) is 4.98 Å². The van der Waals surface area contributed by atoms with E-state index < -0.39 is 0 Å². The molecule has 2 aromatic carbocycles. The average Bonchev–Trinajstić information content (AvgIpc) is 2.75. The number of anilines is 1. The SMILES string of the molecule is Cc1ccc(NCc2[nH]c3ccccc3c2Cl)c(Br)c1. The van der Waals surface area contributed by atoms with Crippen molar-refractivity contribution in [1.29, 1.82) is 0 Å². The predicted octanol–water partition coefficient (Wildman–Crippen LogP) is 5.50. The molecule has 0 radical (unpaired) electrons. The highest BCUT2D eigenvalue weighted by Crippen LogP contribution is 2.29. The molecule has 0 aliphatic heterocycles. The van der Waals surface area contributed by atoms with Crippen molar-refractivity contribution in [3.8, 4) is 0 Å². The van der Waals surface area contributed by atoms with E-state index in [0.29, 0.717) is 6.54 Å². The quantitative estimate of drug-likeness (QED) is 0.641.